The Bertz CT molecular complexity index is 295. The zero-order chi connectivity index (χ0) is 12.5. The first-order valence-corrected chi connectivity index (χ1v) is 6.84. The molecule has 0 radical (unpaired) electrons. The van der Waals surface area contributed by atoms with Crippen molar-refractivity contribution in [1.29, 1.82) is 0 Å². The first-order valence-electron chi connectivity index (χ1n) is 6.84. The van der Waals surface area contributed by atoms with Crippen LogP contribution < -0.4 is 5.32 Å². The van der Waals surface area contributed by atoms with Crippen molar-refractivity contribution in [2.45, 2.75) is 58.4 Å². The fourth-order valence-corrected chi connectivity index (χ4v) is 2.01. The molecule has 0 fully saturated rings. The normalized spacial score (nSPS) is 12.9. The van der Waals surface area contributed by atoms with Crippen molar-refractivity contribution < 1.29 is 0 Å². The van der Waals surface area contributed by atoms with E-state index in [9.17, 15) is 0 Å². The molecule has 1 aromatic rings. The molecule has 1 N–H and O–H groups in total. The van der Waals surface area contributed by atoms with Crippen LogP contribution in [0.3, 0.4) is 0 Å². The Morgan fingerprint density at radius 1 is 1.29 bits per heavy atom. The third kappa shape index (κ3) is 5.82. The highest BCUT2D eigenvalue weighted by Crippen LogP contribution is 2.08. The summed E-state index contributed by atoms with van der Waals surface area (Å²) in [4.78, 5) is 0. The van der Waals surface area contributed by atoms with E-state index < -0.39 is 0 Å². The van der Waals surface area contributed by atoms with Crippen LogP contribution in [0.4, 0.5) is 0 Å². The molecule has 0 aliphatic rings. The molecule has 0 spiro atoms. The van der Waals surface area contributed by atoms with Crippen LogP contribution in [0.1, 0.15) is 51.6 Å². The molecule has 0 aliphatic carbocycles. The Kier molecular flexibility index (Phi) is 6.86. The summed E-state index contributed by atoms with van der Waals surface area (Å²) in [5, 5.41) is 11.8. The summed E-state index contributed by atoms with van der Waals surface area (Å²) in [7, 11) is 1.92. The van der Waals surface area contributed by atoms with Crippen LogP contribution in [0.15, 0.2) is 6.20 Å². The molecule has 0 saturated carbocycles. The number of nitrogens with one attached hydrogen (secondary N) is 1. The Morgan fingerprint density at radius 3 is 2.71 bits per heavy atom. The van der Waals surface area contributed by atoms with Gasteiger partial charge in [-0.15, -0.1) is 5.10 Å². The first-order chi connectivity index (χ1) is 8.26. The van der Waals surface area contributed by atoms with Crippen molar-refractivity contribution in [2.75, 3.05) is 6.54 Å². The van der Waals surface area contributed by atoms with Crippen LogP contribution in [0.25, 0.3) is 0 Å². The molecule has 4 heteroatoms. The number of aromatic nitrogens is 3. The molecule has 4 nitrogen and oxygen atoms in total. The van der Waals surface area contributed by atoms with Gasteiger partial charge < -0.3 is 5.32 Å². The highest BCUT2D eigenvalue weighted by atomic mass is 15.4. The van der Waals surface area contributed by atoms with Crippen LogP contribution in [0.5, 0.6) is 0 Å². The molecule has 98 valence electrons. The van der Waals surface area contributed by atoms with Crippen molar-refractivity contribution in [2.24, 2.45) is 7.05 Å². The van der Waals surface area contributed by atoms with E-state index in [4.69, 9.17) is 0 Å². The van der Waals surface area contributed by atoms with Gasteiger partial charge >= 0.3 is 0 Å². The lowest BCUT2D eigenvalue weighted by atomic mass is 10.0. The second-order valence-corrected chi connectivity index (χ2v) is 4.73. The van der Waals surface area contributed by atoms with Gasteiger partial charge in [-0.2, -0.15) is 0 Å². The highest BCUT2D eigenvalue weighted by Gasteiger charge is 2.10. The fourth-order valence-electron chi connectivity index (χ4n) is 2.01. The quantitative estimate of drug-likeness (QED) is 0.671. The minimum Gasteiger partial charge on any atom is -0.314 e. The van der Waals surface area contributed by atoms with Gasteiger partial charge in [-0.3, -0.25) is 4.68 Å². The lowest BCUT2D eigenvalue weighted by Crippen LogP contribution is -2.31. The van der Waals surface area contributed by atoms with E-state index in [0.717, 1.165) is 18.7 Å². The van der Waals surface area contributed by atoms with Crippen molar-refractivity contribution in [3.63, 3.8) is 0 Å². The van der Waals surface area contributed by atoms with Gasteiger partial charge in [0.1, 0.15) is 0 Å². The van der Waals surface area contributed by atoms with Gasteiger partial charge in [0.05, 0.1) is 5.69 Å². The van der Waals surface area contributed by atoms with Gasteiger partial charge in [-0.25, -0.2) is 0 Å². The topological polar surface area (TPSA) is 42.7 Å². The summed E-state index contributed by atoms with van der Waals surface area (Å²) in [6, 6.07) is 0.554. The number of aryl methyl sites for hydroxylation is 1. The molecular formula is C13H26N4. The standard InChI is InChI=1S/C13H26N4/c1-4-6-7-8-12(14-9-5-2)10-13-11-17(3)16-15-13/h11-12,14H,4-10H2,1-3H3. The minimum absolute atomic E-state index is 0.554. The third-order valence-corrected chi connectivity index (χ3v) is 2.94. The van der Waals surface area contributed by atoms with Crippen molar-refractivity contribution in [3.8, 4) is 0 Å². The number of rotatable bonds is 9. The van der Waals surface area contributed by atoms with E-state index >= 15 is 0 Å². The van der Waals surface area contributed by atoms with Crippen molar-refractivity contribution in [1.82, 2.24) is 20.3 Å². The van der Waals surface area contributed by atoms with Crippen LogP contribution >= 0.6 is 0 Å². The molecule has 1 rings (SSSR count). The van der Waals surface area contributed by atoms with E-state index in [-0.39, 0.29) is 0 Å². The van der Waals surface area contributed by atoms with Gasteiger partial charge in [0, 0.05) is 25.7 Å². The first kappa shape index (κ1) is 14.2. The number of nitrogens with zero attached hydrogens (tertiary/aromatic N) is 3. The zero-order valence-corrected chi connectivity index (χ0v) is 11.4. The molecule has 0 amide bonds. The van der Waals surface area contributed by atoms with Crippen LogP contribution in [0.2, 0.25) is 0 Å². The van der Waals surface area contributed by atoms with Crippen LogP contribution in [0, 0.1) is 0 Å². The van der Waals surface area contributed by atoms with Crippen LogP contribution in [-0.2, 0) is 13.5 Å². The number of hydrogen-bond donors (Lipinski definition) is 1. The predicted octanol–water partition coefficient (Wildman–Crippen LogP) is 2.31. The number of hydrogen-bond acceptors (Lipinski definition) is 3. The summed E-state index contributed by atoms with van der Waals surface area (Å²) < 4.78 is 1.78. The maximum Gasteiger partial charge on any atom is 0.0842 e. The van der Waals surface area contributed by atoms with Gasteiger partial charge in [0.15, 0.2) is 0 Å². The van der Waals surface area contributed by atoms with Gasteiger partial charge in [-0.1, -0.05) is 38.3 Å². The summed E-state index contributed by atoms with van der Waals surface area (Å²) in [5.74, 6) is 0. The smallest absolute Gasteiger partial charge is 0.0842 e. The average Bonchev–Trinajstić information content (AvgIpc) is 2.72. The predicted molar refractivity (Wildman–Crippen MR) is 70.9 cm³/mol. The summed E-state index contributed by atoms with van der Waals surface area (Å²) in [6.45, 7) is 5.55. The maximum atomic E-state index is 4.16. The Morgan fingerprint density at radius 2 is 2.12 bits per heavy atom. The molecule has 0 saturated heterocycles. The Labute approximate surface area is 105 Å². The minimum atomic E-state index is 0.554. The lowest BCUT2D eigenvalue weighted by Gasteiger charge is -2.17. The molecular weight excluding hydrogens is 212 g/mol. The lowest BCUT2D eigenvalue weighted by molar-refractivity contribution is 0.453. The Balaban J connectivity index is 2.38. The average molecular weight is 238 g/mol. The van der Waals surface area contributed by atoms with Crippen LogP contribution in [-0.4, -0.2) is 27.6 Å². The van der Waals surface area contributed by atoms with E-state index in [2.05, 4.69) is 29.5 Å². The van der Waals surface area contributed by atoms with E-state index in [1.165, 1.54) is 32.1 Å². The molecule has 1 heterocycles. The van der Waals surface area contributed by atoms with Gasteiger partial charge in [0.25, 0.3) is 0 Å². The molecule has 0 aliphatic heterocycles. The van der Waals surface area contributed by atoms with E-state index in [0.29, 0.717) is 6.04 Å². The van der Waals surface area contributed by atoms with E-state index in [1.54, 1.807) is 4.68 Å². The van der Waals surface area contributed by atoms with Crippen molar-refractivity contribution in [3.05, 3.63) is 11.9 Å². The molecule has 17 heavy (non-hydrogen) atoms. The molecule has 0 aromatic carbocycles. The summed E-state index contributed by atoms with van der Waals surface area (Å²) in [6.07, 6.45) is 9.35. The molecule has 1 unspecified atom stereocenters. The number of unbranched alkanes of at least 4 members (excludes halogenated alkanes) is 2. The molecule has 1 atom stereocenters. The SMILES string of the molecule is CCCCCC(Cc1cn(C)nn1)NCCC. The largest absolute Gasteiger partial charge is 0.314 e. The highest BCUT2D eigenvalue weighted by molar-refractivity contribution is 4.95. The second kappa shape index (κ2) is 8.23. The molecule has 0 bridgehead atoms. The third-order valence-electron chi connectivity index (χ3n) is 2.94. The van der Waals surface area contributed by atoms with Gasteiger partial charge in [-0.05, 0) is 19.4 Å². The second-order valence-electron chi connectivity index (χ2n) is 4.73. The summed E-state index contributed by atoms with van der Waals surface area (Å²) >= 11 is 0. The summed E-state index contributed by atoms with van der Waals surface area (Å²) in [5.41, 5.74) is 1.10. The Hall–Kier alpha value is -0.900. The fraction of sp³-hybridized carbons (Fsp3) is 0.846. The van der Waals surface area contributed by atoms with Gasteiger partial charge in [0.2, 0.25) is 0 Å². The monoisotopic (exact) mass is 238 g/mol. The zero-order valence-electron chi connectivity index (χ0n) is 11.4. The molecule has 1 aromatic heterocycles. The van der Waals surface area contributed by atoms with Crippen molar-refractivity contribution >= 4 is 0 Å². The van der Waals surface area contributed by atoms with E-state index in [1.807, 2.05) is 13.2 Å². The maximum absolute atomic E-state index is 4.16.